The monoisotopic (exact) mass is 230 g/mol. The molecule has 0 saturated carbocycles. The van der Waals surface area contributed by atoms with E-state index in [1.54, 1.807) is 0 Å². The molecule has 0 amide bonds. The molecule has 4 nitrogen and oxygen atoms in total. The van der Waals surface area contributed by atoms with Gasteiger partial charge in [-0.1, -0.05) is 6.07 Å². The average molecular weight is 230 g/mol. The molecule has 0 aliphatic heterocycles. The molecule has 2 rings (SSSR count). The minimum absolute atomic E-state index is 0.788. The number of aromatic nitrogens is 3. The van der Waals surface area contributed by atoms with Crippen LogP contribution in [0.4, 0.5) is 0 Å². The van der Waals surface area contributed by atoms with E-state index in [-0.39, 0.29) is 0 Å². The Morgan fingerprint density at radius 1 is 1.24 bits per heavy atom. The van der Waals surface area contributed by atoms with Crippen LogP contribution in [0.3, 0.4) is 0 Å². The third-order valence-corrected chi connectivity index (χ3v) is 2.68. The number of pyridine rings is 1. The summed E-state index contributed by atoms with van der Waals surface area (Å²) in [7, 11) is 1.94. The molecule has 0 atom stereocenters. The maximum Gasteiger partial charge on any atom is 0.0638 e. The highest BCUT2D eigenvalue weighted by atomic mass is 15.2. The first-order valence-electron chi connectivity index (χ1n) is 5.77. The molecule has 90 valence electrons. The van der Waals surface area contributed by atoms with Crippen molar-refractivity contribution in [3.05, 3.63) is 47.0 Å². The van der Waals surface area contributed by atoms with E-state index in [4.69, 9.17) is 0 Å². The normalized spacial score (nSPS) is 10.8. The second-order valence-electron chi connectivity index (χ2n) is 4.29. The van der Waals surface area contributed by atoms with Crippen LogP contribution in [0.5, 0.6) is 0 Å². The van der Waals surface area contributed by atoms with Gasteiger partial charge in [0.2, 0.25) is 0 Å². The quantitative estimate of drug-likeness (QED) is 0.869. The van der Waals surface area contributed by atoms with E-state index >= 15 is 0 Å². The summed E-state index contributed by atoms with van der Waals surface area (Å²) >= 11 is 0. The third-order valence-electron chi connectivity index (χ3n) is 2.68. The van der Waals surface area contributed by atoms with Crippen molar-refractivity contribution in [2.45, 2.75) is 26.9 Å². The van der Waals surface area contributed by atoms with Gasteiger partial charge in [0.1, 0.15) is 0 Å². The molecule has 0 unspecified atom stereocenters. The first-order chi connectivity index (χ1) is 8.15. The van der Waals surface area contributed by atoms with Gasteiger partial charge in [-0.05, 0) is 26.0 Å². The molecule has 1 N–H and O–H groups in total. The largest absolute Gasteiger partial charge is 0.307 e. The Balaban J connectivity index is 1.89. The molecular weight excluding hydrogens is 212 g/mol. The van der Waals surface area contributed by atoms with Gasteiger partial charge < -0.3 is 5.32 Å². The zero-order chi connectivity index (χ0) is 12.3. The molecule has 0 fully saturated rings. The van der Waals surface area contributed by atoms with Gasteiger partial charge in [-0.15, -0.1) is 0 Å². The second kappa shape index (κ2) is 5.10. The van der Waals surface area contributed by atoms with Gasteiger partial charge in [0.05, 0.1) is 11.4 Å². The Morgan fingerprint density at radius 3 is 2.71 bits per heavy atom. The molecule has 17 heavy (non-hydrogen) atoms. The van der Waals surface area contributed by atoms with Gasteiger partial charge in [-0.2, -0.15) is 5.10 Å². The summed E-state index contributed by atoms with van der Waals surface area (Å²) in [5.74, 6) is 0. The zero-order valence-electron chi connectivity index (χ0n) is 10.6. The lowest BCUT2D eigenvalue weighted by molar-refractivity contribution is 0.675. The van der Waals surface area contributed by atoms with Gasteiger partial charge in [0, 0.05) is 37.6 Å². The SMILES string of the molecule is Cc1cccc(CNCc2cn(C)nc2C)n1. The van der Waals surface area contributed by atoms with Gasteiger partial charge >= 0.3 is 0 Å². The summed E-state index contributed by atoms with van der Waals surface area (Å²) in [5, 5.41) is 7.70. The highest BCUT2D eigenvalue weighted by Gasteiger charge is 2.02. The summed E-state index contributed by atoms with van der Waals surface area (Å²) in [6.45, 7) is 5.65. The lowest BCUT2D eigenvalue weighted by Gasteiger charge is -2.04. The summed E-state index contributed by atoms with van der Waals surface area (Å²) in [4.78, 5) is 4.45. The maximum atomic E-state index is 4.45. The number of nitrogens with zero attached hydrogens (tertiary/aromatic N) is 3. The second-order valence-corrected chi connectivity index (χ2v) is 4.29. The first kappa shape index (κ1) is 11.8. The minimum atomic E-state index is 0.788. The van der Waals surface area contributed by atoms with Gasteiger partial charge in [-0.3, -0.25) is 9.67 Å². The first-order valence-corrected chi connectivity index (χ1v) is 5.77. The molecule has 0 spiro atoms. The Hall–Kier alpha value is -1.68. The molecule has 2 aromatic rings. The van der Waals surface area contributed by atoms with Crippen molar-refractivity contribution in [3.63, 3.8) is 0 Å². The van der Waals surface area contributed by atoms with Crippen LogP contribution in [-0.4, -0.2) is 14.8 Å². The van der Waals surface area contributed by atoms with Crippen LogP contribution in [-0.2, 0) is 20.1 Å². The Kier molecular flexibility index (Phi) is 3.54. The van der Waals surface area contributed by atoms with E-state index < -0.39 is 0 Å². The van der Waals surface area contributed by atoms with E-state index in [9.17, 15) is 0 Å². The summed E-state index contributed by atoms with van der Waals surface area (Å²) in [6.07, 6.45) is 2.05. The number of nitrogens with one attached hydrogen (secondary N) is 1. The number of aryl methyl sites for hydroxylation is 3. The summed E-state index contributed by atoms with van der Waals surface area (Å²) in [6, 6.07) is 6.08. The highest BCUT2D eigenvalue weighted by Crippen LogP contribution is 2.04. The van der Waals surface area contributed by atoms with E-state index in [0.717, 1.165) is 30.2 Å². The van der Waals surface area contributed by atoms with Crippen LogP contribution in [0.1, 0.15) is 22.6 Å². The fourth-order valence-corrected chi connectivity index (χ4v) is 1.85. The van der Waals surface area contributed by atoms with Crippen molar-refractivity contribution in [3.8, 4) is 0 Å². The molecule has 0 aliphatic carbocycles. The van der Waals surface area contributed by atoms with Crippen molar-refractivity contribution in [1.29, 1.82) is 0 Å². The predicted octanol–water partition coefficient (Wildman–Crippen LogP) is 1.72. The molecule has 2 heterocycles. The van der Waals surface area contributed by atoms with E-state index in [2.05, 4.69) is 15.4 Å². The van der Waals surface area contributed by atoms with E-state index in [1.165, 1.54) is 5.56 Å². The lowest BCUT2D eigenvalue weighted by Crippen LogP contribution is -2.14. The Morgan fingerprint density at radius 2 is 2.06 bits per heavy atom. The van der Waals surface area contributed by atoms with Crippen LogP contribution in [0.25, 0.3) is 0 Å². The van der Waals surface area contributed by atoms with Crippen molar-refractivity contribution in [1.82, 2.24) is 20.1 Å². The van der Waals surface area contributed by atoms with Crippen LogP contribution in [0.15, 0.2) is 24.4 Å². The highest BCUT2D eigenvalue weighted by molar-refractivity contribution is 5.15. The number of rotatable bonds is 4. The number of hydrogen-bond donors (Lipinski definition) is 1. The molecule has 0 aliphatic rings. The standard InChI is InChI=1S/C13H18N4/c1-10-5-4-6-13(15-10)8-14-7-12-9-17(3)16-11(12)2/h4-6,9,14H,7-8H2,1-3H3. The Labute approximate surface area is 102 Å². The molecular formula is C13H18N4. The molecule has 0 aromatic carbocycles. The molecule has 2 aromatic heterocycles. The molecule has 0 radical (unpaired) electrons. The van der Waals surface area contributed by atoms with E-state index in [1.807, 2.05) is 50.0 Å². The smallest absolute Gasteiger partial charge is 0.0638 e. The van der Waals surface area contributed by atoms with Crippen LogP contribution in [0, 0.1) is 13.8 Å². The minimum Gasteiger partial charge on any atom is -0.307 e. The predicted molar refractivity (Wildman–Crippen MR) is 67.5 cm³/mol. The van der Waals surface area contributed by atoms with Crippen LogP contribution in [0.2, 0.25) is 0 Å². The summed E-state index contributed by atoms with van der Waals surface area (Å²) < 4.78 is 1.84. The fourth-order valence-electron chi connectivity index (χ4n) is 1.85. The third kappa shape index (κ3) is 3.14. The molecule has 0 bridgehead atoms. The Bertz CT molecular complexity index is 502. The van der Waals surface area contributed by atoms with Gasteiger partial charge in [-0.25, -0.2) is 0 Å². The van der Waals surface area contributed by atoms with Crippen molar-refractivity contribution in [2.75, 3.05) is 0 Å². The van der Waals surface area contributed by atoms with Crippen LogP contribution < -0.4 is 5.32 Å². The van der Waals surface area contributed by atoms with Crippen molar-refractivity contribution in [2.24, 2.45) is 7.05 Å². The van der Waals surface area contributed by atoms with Crippen molar-refractivity contribution < 1.29 is 0 Å². The van der Waals surface area contributed by atoms with Gasteiger partial charge in [0.15, 0.2) is 0 Å². The summed E-state index contributed by atoms with van der Waals surface area (Å²) in [5.41, 5.74) is 4.45. The molecule has 0 saturated heterocycles. The molecule has 4 heteroatoms. The van der Waals surface area contributed by atoms with Gasteiger partial charge in [0.25, 0.3) is 0 Å². The zero-order valence-corrected chi connectivity index (χ0v) is 10.6. The topological polar surface area (TPSA) is 42.7 Å². The van der Waals surface area contributed by atoms with E-state index in [0.29, 0.717) is 0 Å². The fraction of sp³-hybridized carbons (Fsp3) is 0.385. The van der Waals surface area contributed by atoms with Crippen LogP contribution >= 0.6 is 0 Å². The number of hydrogen-bond acceptors (Lipinski definition) is 3. The lowest BCUT2D eigenvalue weighted by atomic mass is 10.2. The average Bonchev–Trinajstić information content (AvgIpc) is 2.58. The maximum absolute atomic E-state index is 4.45. The van der Waals surface area contributed by atoms with Crippen molar-refractivity contribution >= 4 is 0 Å².